The number of aromatic nitrogens is 2. The Hall–Kier alpha value is -3.31. The number of hydrogen-bond donors (Lipinski definition) is 1. The Morgan fingerprint density at radius 3 is 2.57 bits per heavy atom. The molecule has 1 heterocycles. The van der Waals surface area contributed by atoms with Crippen LogP contribution in [0.15, 0.2) is 66.7 Å². The molecular formula is C31H36ClN3O2. The lowest BCUT2D eigenvalue weighted by Gasteiger charge is -2.11. The van der Waals surface area contributed by atoms with Gasteiger partial charge in [0.05, 0.1) is 17.6 Å². The van der Waals surface area contributed by atoms with Crippen LogP contribution in [-0.2, 0) is 13.0 Å². The summed E-state index contributed by atoms with van der Waals surface area (Å²) in [4.78, 5) is 17.3. The molecule has 1 aromatic heterocycles. The van der Waals surface area contributed by atoms with Crippen molar-refractivity contribution in [3.8, 4) is 5.75 Å². The number of aryl methyl sites for hydroxylation is 4. The van der Waals surface area contributed by atoms with E-state index < -0.39 is 0 Å². The van der Waals surface area contributed by atoms with Gasteiger partial charge in [-0.2, -0.15) is 0 Å². The van der Waals surface area contributed by atoms with E-state index in [0.29, 0.717) is 13.2 Å². The van der Waals surface area contributed by atoms with E-state index in [-0.39, 0.29) is 5.91 Å². The van der Waals surface area contributed by atoms with Crippen molar-refractivity contribution in [2.24, 2.45) is 0 Å². The third kappa shape index (κ3) is 7.36. The molecule has 0 aliphatic heterocycles. The molecule has 3 aromatic carbocycles. The molecule has 194 valence electrons. The van der Waals surface area contributed by atoms with Crippen molar-refractivity contribution >= 4 is 28.5 Å². The maximum atomic E-state index is 12.4. The number of rotatable bonds is 13. The van der Waals surface area contributed by atoms with E-state index in [1.807, 2.05) is 62.4 Å². The summed E-state index contributed by atoms with van der Waals surface area (Å²) in [5, 5.41) is 3.81. The molecule has 0 radical (unpaired) electrons. The molecule has 6 heteroatoms. The van der Waals surface area contributed by atoms with Crippen LogP contribution in [0.3, 0.4) is 0 Å². The largest absolute Gasteiger partial charge is 0.494 e. The van der Waals surface area contributed by atoms with E-state index in [2.05, 4.69) is 28.1 Å². The number of imidazole rings is 1. The molecule has 37 heavy (non-hydrogen) atoms. The number of benzene rings is 3. The number of hydrogen-bond acceptors (Lipinski definition) is 3. The minimum atomic E-state index is 0.00932. The average molecular weight is 518 g/mol. The molecule has 0 aliphatic carbocycles. The van der Waals surface area contributed by atoms with E-state index in [4.69, 9.17) is 21.3 Å². The number of amides is 1. The molecule has 5 nitrogen and oxygen atoms in total. The minimum Gasteiger partial charge on any atom is -0.494 e. The number of ether oxygens (including phenoxy) is 1. The highest BCUT2D eigenvalue weighted by molar-refractivity contribution is 6.31. The van der Waals surface area contributed by atoms with Crippen molar-refractivity contribution in [2.75, 3.05) is 13.2 Å². The van der Waals surface area contributed by atoms with Crippen LogP contribution in [0.5, 0.6) is 5.75 Å². The molecule has 1 N–H and O–H groups in total. The lowest BCUT2D eigenvalue weighted by atomic mass is 10.1. The van der Waals surface area contributed by atoms with Crippen LogP contribution in [0.4, 0.5) is 0 Å². The Morgan fingerprint density at radius 1 is 0.919 bits per heavy atom. The number of unbranched alkanes of at least 4 members (excludes halogenated alkanes) is 3. The van der Waals surface area contributed by atoms with Gasteiger partial charge in [0, 0.05) is 30.1 Å². The second-order valence-electron chi connectivity index (χ2n) is 9.52. The summed E-state index contributed by atoms with van der Waals surface area (Å²) in [7, 11) is 0. The molecule has 0 atom stereocenters. The highest BCUT2D eigenvalue weighted by Crippen LogP contribution is 2.22. The van der Waals surface area contributed by atoms with Gasteiger partial charge in [0.15, 0.2) is 0 Å². The van der Waals surface area contributed by atoms with Crippen LogP contribution in [0.2, 0.25) is 5.02 Å². The fourth-order valence-corrected chi connectivity index (χ4v) is 4.66. The zero-order valence-corrected chi connectivity index (χ0v) is 22.6. The quantitative estimate of drug-likeness (QED) is 0.189. The monoisotopic (exact) mass is 517 g/mol. The van der Waals surface area contributed by atoms with Crippen LogP contribution in [0.1, 0.15) is 59.4 Å². The first-order valence-electron chi connectivity index (χ1n) is 13.2. The van der Waals surface area contributed by atoms with E-state index in [1.54, 1.807) is 0 Å². The van der Waals surface area contributed by atoms with Crippen LogP contribution in [0.25, 0.3) is 11.0 Å². The van der Waals surface area contributed by atoms with Crippen molar-refractivity contribution in [3.05, 3.63) is 94.3 Å². The molecule has 0 fully saturated rings. The van der Waals surface area contributed by atoms with Gasteiger partial charge in [-0.05, 0) is 87.1 Å². The van der Waals surface area contributed by atoms with Crippen molar-refractivity contribution in [1.82, 2.24) is 14.9 Å². The van der Waals surface area contributed by atoms with Crippen molar-refractivity contribution in [1.29, 1.82) is 0 Å². The van der Waals surface area contributed by atoms with Gasteiger partial charge in [-0.1, -0.05) is 48.4 Å². The zero-order valence-electron chi connectivity index (χ0n) is 21.8. The van der Waals surface area contributed by atoms with Gasteiger partial charge in [0.25, 0.3) is 5.91 Å². The third-order valence-electron chi connectivity index (χ3n) is 6.66. The van der Waals surface area contributed by atoms with Crippen molar-refractivity contribution in [2.45, 2.75) is 58.9 Å². The Balaban J connectivity index is 1.22. The highest BCUT2D eigenvalue weighted by Gasteiger charge is 2.11. The maximum Gasteiger partial charge on any atom is 0.251 e. The number of halogens is 1. The maximum absolute atomic E-state index is 12.4. The Labute approximate surface area is 224 Å². The Kier molecular flexibility index (Phi) is 9.61. The molecule has 0 spiro atoms. The van der Waals surface area contributed by atoms with Crippen molar-refractivity contribution < 1.29 is 9.53 Å². The normalized spacial score (nSPS) is 11.1. The molecule has 0 unspecified atom stereocenters. The second kappa shape index (κ2) is 13.3. The molecule has 0 saturated heterocycles. The number of nitrogens with one attached hydrogen (secondary N) is 1. The van der Waals surface area contributed by atoms with Crippen LogP contribution in [-0.4, -0.2) is 28.6 Å². The molecule has 0 saturated carbocycles. The van der Waals surface area contributed by atoms with Crippen LogP contribution in [0, 0.1) is 13.8 Å². The summed E-state index contributed by atoms with van der Waals surface area (Å²) >= 11 is 6.10. The first-order chi connectivity index (χ1) is 18.0. The predicted octanol–water partition coefficient (Wildman–Crippen LogP) is 7.31. The SMILES string of the molecule is Cc1cc(OCCCCn2c(CCCCCNC(=O)c3ccccc3C)nc3ccccc32)ccc1Cl. The summed E-state index contributed by atoms with van der Waals surface area (Å²) in [6.45, 7) is 6.25. The lowest BCUT2D eigenvalue weighted by Crippen LogP contribution is -2.25. The molecular weight excluding hydrogens is 482 g/mol. The fraction of sp³-hybridized carbons (Fsp3) is 0.355. The van der Waals surface area contributed by atoms with E-state index >= 15 is 0 Å². The molecule has 0 aliphatic rings. The molecule has 0 bridgehead atoms. The molecule has 4 aromatic rings. The van der Waals surface area contributed by atoms with Gasteiger partial charge >= 0.3 is 0 Å². The van der Waals surface area contributed by atoms with E-state index in [1.165, 1.54) is 5.52 Å². The van der Waals surface area contributed by atoms with E-state index in [9.17, 15) is 4.79 Å². The van der Waals surface area contributed by atoms with E-state index in [0.717, 1.165) is 83.9 Å². The summed E-state index contributed by atoms with van der Waals surface area (Å²) in [6.07, 6.45) is 5.97. The smallest absolute Gasteiger partial charge is 0.251 e. The van der Waals surface area contributed by atoms with Crippen molar-refractivity contribution in [3.63, 3.8) is 0 Å². The Bertz CT molecular complexity index is 1330. The highest BCUT2D eigenvalue weighted by atomic mass is 35.5. The number of fused-ring (bicyclic) bond motifs is 1. The van der Waals surface area contributed by atoms with Gasteiger partial charge in [-0.3, -0.25) is 4.79 Å². The van der Waals surface area contributed by atoms with Gasteiger partial charge in [0.2, 0.25) is 0 Å². The van der Waals surface area contributed by atoms with Gasteiger partial charge in [-0.15, -0.1) is 0 Å². The molecule has 4 rings (SSSR count). The second-order valence-corrected chi connectivity index (χ2v) is 9.92. The third-order valence-corrected chi connectivity index (χ3v) is 7.08. The lowest BCUT2D eigenvalue weighted by molar-refractivity contribution is 0.0952. The van der Waals surface area contributed by atoms with Gasteiger partial charge < -0.3 is 14.6 Å². The van der Waals surface area contributed by atoms with Gasteiger partial charge in [0.1, 0.15) is 11.6 Å². The van der Waals surface area contributed by atoms with Gasteiger partial charge in [-0.25, -0.2) is 4.98 Å². The molecule has 1 amide bonds. The fourth-order valence-electron chi connectivity index (χ4n) is 4.54. The number of nitrogens with zero attached hydrogens (tertiary/aromatic N) is 2. The zero-order chi connectivity index (χ0) is 26.0. The Morgan fingerprint density at radius 2 is 1.73 bits per heavy atom. The number of carbonyl (C=O) groups excluding carboxylic acids is 1. The number of carbonyl (C=O) groups is 1. The average Bonchev–Trinajstić information content (AvgIpc) is 3.25. The first-order valence-corrected chi connectivity index (χ1v) is 13.6. The first kappa shape index (κ1) is 26.7. The standard InChI is InChI=1S/C31H36ClN3O2/c1-23-12-5-6-13-26(23)31(36)33-19-9-3-4-16-30-34-28-14-7-8-15-29(28)35(30)20-10-11-21-37-25-17-18-27(32)24(2)22-25/h5-8,12-15,17-18,22H,3-4,9-11,16,19-21H2,1-2H3,(H,33,36). The number of para-hydroxylation sites is 2. The predicted molar refractivity (Wildman–Crippen MR) is 152 cm³/mol. The summed E-state index contributed by atoms with van der Waals surface area (Å²) in [5.74, 6) is 2.01. The minimum absolute atomic E-state index is 0.00932. The summed E-state index contributed by atoms with van der Waals surface area (Å²) < 4.78 is 8.28. The van der Waals surface area contributed by atoms with Crippen LogP contribution >= 0.6 is 11.6 Å². The summed E-state index contributed by atoms with van der Waals surface area (Å²) in [6, 6.07) is 21.8. The van der Waals surface area contributed by atoms with Crippen LogP contribution < -0.4 is 10.1 Å². The summed E-state index contributed by atoms with van der Waals surface area (Å²) in [5.41, 5.74) is 5.03. The topological polar surface area (TPSA) is 56.1 Å².